The average Bonchev–Trinajstić information content (AvgIpc) is 3.12. The summed E-state index contributed by atoms with van der Waals surface area (Å²) < 4.78 is 10.3. The molecule has 0 saturated heterocycles. The van der Waals surface area contributed by atoms with E-state index in [1.165, 1.54) is 12.1 Å². The predicted octanol–water partition coefficient (Wildman–Crippen LogP) is 1.82. The molecule has 2 N–H and O–H groups in total. The maximum absolute atomic E-state index is 12.1. The number of amides is 1. The normalized spacial score (nSPS) is 16.1. The lowest BCUT2D eigenvalue weighted by Gasteiger charge is -2.11. The first-order valence-corrected chi connectivity index (χ1v) is 6.92. The van der Waals surface area contributed by atoms with Crippen molar-refractivity contribution in [1.82, 2.24) is 5.32 Å². The summed E-state index contributed by atoms with van der Waals surface area (Å²) in [4.78, 5) is 12.1. The van der Waals surface area contributed by atoms with Crippen molar-refractivity contribution in [3.05, 3.63) is 17.7 Å². The second-order valence-electron chi connectivity index (χ2n) is 5.12. The number of fused-ring (bicyclic) bond motifs is 1. The Labute approximate surface area is 127 Å². The predicted molar refractivity (Wildman–Crippen MR) is 76.8 cm³/mol. The number of phenols is 1. The molecule has 0 saturated carbocycles. The molecule has 1 aromatic carbocycles. The second-order valence-corrected chi connectivity index (χ2v) is 5.12. The molecule has 0 fully saturated rings. The van der Waals surface area contributed by atoms with Crippen LogP contribution < -0.4 is 14.8 Å². The van der Waals surface area contributed by atoms with E-state index in [0.717, 1.165) is 0 Å². The number of nitrogens with one attached hydrogen (secondary N) is 1. The molecule has 2 aliphatic rings. The van der Waals surface area contributed by atoms with Gasteiger partial charge in [0.15, 0.2) is 17.2 Å². The van der Waals surface area contributed by atoms with Gasteiger partial charge in [-0.05, 0) is 0 Å². The zero-order valence-corrected chi connectivity index (χ0v) is 11.8. The number of carbonyl (C=O) groups is 1. The molecule has 7 nitrogen and oxygen atoms in total. The van der Waals surface area contributed by atoms with Crippen molar-refractivity contribution in [2.75, 3.05) is 13.3 Å². The molecule has 1 amide bonds. The number of hydrogen-bond donors (Lipinski definition) is 2. The van der Waals surface area contributed by atoms with Crippen LogP contribution in [0.2, 0.25) is 0 Å². The number of phenolic OH excluding ortho intramolecular Hbond substituents is 1. The minimum Gasteiger partial charge on any atom is -0.507 e. The second kappa shape index (κ2) is 5.56. The first kappa shape index (κ1) is 14.2. The Kier molecular flexibility index (Phi) is 3.59. The molecule has 3 rings (SSSR count). The number of aromatic hydroxyl groups is 1. The van der Waals surface area contributed by atoms with E-state index in [0.29, 0.717) is 37.3 Å². The van der Waals surface area contributed by atoms with Gasteiger partial charge < -0.3 is 19.9 Å². The Balaban J connectivity index is 1.56. The van der Waals surface area contributed by atoms with E-state index < -0.39 is 5.66 Å². The van der Waals surface area contributed by atoms with Crippen molar-refractivity contribution in [3.8, 4) is 29.6 Å². The fourth-order valence-electron chi connectivity index (χ4n) is 2.25. The molecule has 0 atom stereocenters. The van der Waals surface area contributed by atoms with Crippen molar-refractivity contribution < 1.29 is 19.4 Å². The standard InChI is InChI=1S/C15H15N3O4/c1-2-3-4-15(17-18-15)5-6-16-14(20)10-7-12-13(8-11(10)19)22-9-21-12/h1,7-8,19H,3-6,9H2,(H,16,20). The van der Waals surface area contributed by atoms with E-state index in [1.54, 1.807) is 0 Å². The number of ether oxygens (including phenoxy) is 2. The molecule has 2 heterocycles. The van der Waals surface area contributed by atoms with Gasteiger partial charge in [0, 0.05) is 37.9 Å². The van der Waals surface area contributed by atoms with Gasteiger partial charge in [-0.3, -0.25) is 4.79 Å². The lowest BCUT2D eigenvalue weighted by Crippen LogP contribution is -2.28. The summed E-state index contributed by atoms with van der Waals surface area (Å²) in [7, 11) is 0. The van der Waals surface area contributed by atoms with E-state index in [4.69, 9.17) is 15.9 Å². The average molecular weight is 301 g/mol. The summed E-state index contributed by atoms with van der Waals surface area (Å²) in [6.07, 6.45) is 7.10. The van der Waals surface area contributed by atoms with Crippen LogP contribution in [-0.4, -0.2) is 30.0 Å². The molecule has 22 heavy (non-hydrogen) atoms. The van der Waals surface area contributed by atoms with Crippen molar-refractivity contribution in [1.29, 1.82) is 0 Å². The van der Waals surface area contributed by atoms with Gasteiger partial charge in [0.25, 0.3) is 5.91 Å². The van der Waals surface area contributed by atoms with Crippen molar-refractivity contribution in [2.45, 2.75) is 24.9 Å². The van der Waals surface area contributed by atoms with Crippen molar-refractivity contribution >= 4 is 5.91 Å². The topological polar surface area (TPSA) is 92.5 Å². The number of hydrogen-bond acceptors (Lipinski definition) is 6. The molecule has 2 aliphatic heterocycles. The summed E-state index contributed by atoms with van der Waals surface area (Å²) in [5.74, 6) is 2.89. The number of carbonyl (C=O) groups excluding carboxylic acids is 1. The van der Waals surface area contributed by atoms with Crippen LogP contribution in [0.5, 0.6) is 17.2 Å². The zero-order valence-electron chi connectivity index (χ0n) is 11.8. The van der Waals surface area contributed by atoms with Gasteiger partial charge in [0.1, 0.15) is 5.75 Å². The summed E-state index contributed by atoms with van der Waals surface area (Å²) in [6, 6.07) is 2.84. The quantitative estimate of drug-likeness (QED) is 0.784. The Bertz CT molecular complexity index is 672. The molecule has 0 aromatic heterocycles. The molecule has 0 aliphatic carbocycles. The Hall–Kier alpha value is -2.75. The Morgan fingerprint density at radius 2 is 2.09 bits per heavy atom. The van der Waals surface area contributed by atoms with Gasteiger partial charge in [-0.25, -0.2) is 0 Å². The van der Waals surface area contributed by atoms with Crippen LogP contribution >= 0.6 is 0 Å². The third-order valence-corrected chi connectivity index (χ3v) is 3.60. The molecule has 1 aromatic rings. The monoisotopic (exact) mass is 301 g/mol. The first-order valence-electron chi connectivity index (χ1n) is 6.92. The highest BCUT2D eigenvalue weighted by molar-refractivity contribution is 5.97. The largest absolute Gasteiger partial charge is 0.507 e. The van der Waals surface area contributed by atoms with Crippen LogP contribution in [0.1, 0.15) is 29.6 Å². The lowest BCUT2D eigenvalue weighted by molar-refractivity contribution is 0.0949. The minimum atomic E-state index is -0.434. The lowest BCUT2D eigenvalue weighted by atomic mass is 10.0. The summed E-state index contributed by atoms with van der Waals surface area (Å²) in [5, 5.41) is 20.6. The van der Waals surface area contributed by atoms with E-state index in [9.17, 15) is 9.90 Å². The Morgan fingerprint density at radius 3 is 2.77 bits per heavy atom. The van der Waals surface area contributed by atoms with E-state index in [2.05, 4.69) is 21.5 Å². The number of benzene rings is 1. The van der Waals surface area contributed by atoms with Crippen LogP contribution in [0.3, 0.4) is 0 Å². The van der Waals surface area contributed by atoms with Crippen LogP contribution in [0.4, 0.5) is 0 Å². The fourth-order valence-corrected chi connectivity index (χ4v) is 2.25. The molecular formula is C15H15N3O4. The van der Waals surface area contributed by atoms with Crippen LogP contribution in [0.15, 0.2) is 22.4 Å². The highest BCUT2D eigenvalue weighted by Gasteiger charge is 2.38. The van der Waals surface area contributed by atoms with E-state index in [-0.39, 0.29) is 24.0 Å². The number of terminal acetylenes is 1. The van der Waals surface area contributed by atoms with Crippen LogP contribution in [0, 0.1) is 12.3 Å². The molecule has 7 heteroatoms. The molecule has 0 radical (unpaired) electrons. The summed E-state index contributed by atoms with van der Waals surface area (Å²) in [5.41, 5.74) is -0.289. The highest BCUT2D eigenvalue weighted by atomic mass is 16.7. The van der Waals surface area contributed by atoms with Crippen LogP contribution in [-0.2, 0) is 0 Å². The smallest absolute Gasteiger partial charge is 0.255 e. The Morgan fingerprint density at radius 1 is 1.36 bits per heavy atom. The first-order chi connectivity index (χ1) is 10.6. The van der Waals surface area contributed by atoms with Crippen LogP contribution in [0.25, 0.3) is 0 Å². The molecule has 0 spiro atoms. The highest BCUT2D eigenvalue weighted by Crippen LogP contribution is 2.38. The van der Waals surface area contributed by atoms with Gasteiger partial charge >= 0.3 is 0 Å². The summed E-state index contributed by atoms with van der Waals surface area (Å²) in [6.45, 7) is 0.477. The number of rotatable bonds is 6. The zero-order chi connectivity index (χ0) is 15.6. The van der Waals surface area contributed by atoms with Gasteiger partial charge in [-0.1, -0.05) is 0 Å². The summed E-state index contributed by atoms with van der Waals surface area (Å²) >= 11 is 0. The van der Waals surface area contributed by atoms with Gasteiger partial charge in [-0.15, -0.1) is 12.3 Å². The van der Waals surface area contributed by atoms with Gasteiger partial charge in [0.05, 0.1) is 5.56 Å². The van der Waals surface area contributed by atoms with Gasteiger partial charge in [-0.2, -0.15) is 10.2 Å². The van der Waals surface area contributed by atoms with E-state index in [1.807, 2.05) is 0 Å². The third kappa shape index (κ3) is 2.81. The number of nitrogens with zero attached hydrogens (tertiary/aromatic N) is 2. The van der Waals surface area contributed by atoms with Crippen molar-refractivity contribution in [3.63, 3.8) is 0 Å². The molecule has 0 bridgehead atoms. The third-order valence-electron chi connectivity index (χ3n) is 3.60. The SMILES string of the molecule is C#CCCC1(CCNC(=O)c2cc3c(cc2O)OCO3)N=N1. The molecular weight excluding hydrogens is 286 g/mol. The fraction of sp³-hybridized carbons (Fsp3) is 0.400. The molecule has 114 valence electrons. The van der Waals surface area contributed by atoms with Gasteiger partial charge in [0.2, 0.25) is 6.79 Å². The maximum atomic E-state index is 12.1. The molecule has 0 unspecified atom stereocenters. The minimum absolute atomic E-state index is 0.0839. The van der Waals surface area contributed by atoms with E-state index >= 15 is 0 Å². The van der Waals surface area contributed by atoms with Crippen molar-refractivity contribution in [2.24, 2.45) is 10.2 Å². The maximum Gasteiger partial charge on any atom is 0.255 e.